The molecule has 0 aliphatic rings. The van der Waals surface area contributed by atoms with E-state index in [4.69, 9.17) is 14.2 Å². The maximum absolute atomic E-state index is 12.9. The molecule has 0 saturated heterocycles. The van der Waals surface area contributed by atoms with Gasteiger partial charge in [0.05, 0.1) is 0 Å². The van der Waals surface area contributed by atoms with Gasteiger partial charge in [0.2, 0.25) is 0 Å². The molecule has 0 saturated carbocycles. The Bertz CT molecular complexity index is 1630. The van der Waals surface area contributed by atoms with Crippen molar-refractivity contribution in [1.29, 1.82) is 0 Å². The van der Waals surface area contributed by atoms with E-state index in [2.05, 4.69) is 154 Å². The maximum atomic E-state index is 12.9. The van der Waals surface area contributed by atoms with Crippen molar-refractivity contribution in [3.05, 3.63) is 134 Å². The van der Waals surface area contributed by atoms with Crippen LogP contribution in [-0.4, -0.2) is 37.2 Å². The predicted molar refractivity (Wildman–Crippen MR) is 329 cm³/mol. The van der Waals surface area contributed by atoms with Crippen LogP contribution in [0, 0.1) is 0 Å². The summed E-state index contributed by atoms with van der Waals surface area (Å²) in [7, 11) is 0. The van der Waals surface area contributed by atoms with Gasteiger partial charge in [-0.25, -0.2) is 0 Å². The number of hydrogen-bond donors (Lipinski definition) is 0. The molecule has 6 heteroatoms. The van der Waals surface area contributed by atoms with Gasteiger partial charge in [0, 0.05) is 19.3 Å². The number of allylic oxidation sites excluding steroid dienone is 22. The summed E-state index contributed by atoms with van der Waals surface area (Å²) in [5.41, 5.74) is 0. The number of hydrogen-bond acceptors (Lipinski definition) is 6. The minimum Gasteiger partial charge on any atom is -0.462 e. The van der Waals surface area contributed by atoms with Gasteiger partial charge < -0.3 is 14.2 Å². The summed E-state index contributed by atoms with van der Waals surface area (Å²) in [6.07, 6.45) is 88.9. The molecule has 0 amide bonds. The second-order valence-corrected chi connectivity index (χ2v) is 20.2. The van der Waals surface area contributed by atoms with Gasteiger partial charge in [0.25, 0.3) is 0 Å². The lowest BCUT2D eigenvalue weighted by Gasteiger charge is -2.18. The van der Waals surface area contributed by atoms with E-state index >= 15 is 0 Å². The zero-order valence-corrected chi connectivity index (χ0v) is 49.2. The lowest BCUT2D eigenvalue weighted by Crippen LogP contribution is -2.30. The van der Waals surface area contributed by atoms with Crippen LogP contribution in [-0.2, 0) is 28.6 Å². The molecule has 0 rings (SSSR count). The topological polar surface area (TPSA) is 78.9 Å². The second kappa shape index (κ2) is 63.1. The summed E-state index contributed by atoms with van der Waals surface area (Å²) in [5, 5.41) is 0. The molecule has 1 unspecified atom stereocenters. The Morgan fingerprint density at radius 2 is 0.513 bits per heavy atom. The van der Waals surface area contributed by atoms with E-state index in [9.17, 15) is 14.4 Å². The molecule has 0 aromatic carbocycles. The van der Waals surface area contributed by atoms with Crippen LogP contribution in [0.15, 0.2) is 134 Å². The van der Waals surface area contributed by atoms with Gasteiger partial charge in [-0.15, -0.1) is 0 Å². The first-order valence-corrected chi connectivity index (χ1v) is 31.2. The van der Waals surface area contributed by atoms with E-state index in [-0.39, 0.29) is 31.1 Å². The molecule has 430 valence electrons. The minimum atomic E-state index is -0.795. The first kappa shape index (κ1) is 71.5. The molecule has 0 fully saturated rings. The highest BCUT2D eigenvalue weighted by Gasteiger charge is 2.19. The average molecular weight is 1050 g/mol. The van der Waals surface area contributed by atoms with Crippen molar-refractivity contribution >= 4 is 17.9 Å². The van der Waals surface area contributed by atoms with Crippen molar-refractivity contribution in [2.45, 2.75) is 277 Å². The molecule has 0 spiro atoms. The number of unbranched alkanes of at least 4 members (excludes halogenated alkanes) is 22. The number of rotatable bonds is 55. The van der Waals surface area contributed by atoms with E-state index in [1.165, 1.54) is 89.9 Å². The summed E-state index contributed by atoms with van der Waals surface area (Å²) in [6.45, 7) is 6.36. The van der Waals surface area contributed by atoms with Gasteiger partial charge in [-0.1, -0.05) is 270 Å². The fraction of sp³-hybridized carbons (Fsp3) is 0.643. The van der Waals surface area contributed by atoms with Gasteiger partial charge in [-0.05, 0) is 116 Å². The molecule has 0 heterocycles. The fourth-order valence-corrected chi connectivity index (χ4v) is 8.30. The Hall–Kier alpha value is -4.45. The minimum absolute atomic E-state index is 0.0913. The monoisotopic (exact) mass is 1050 g/mol. The Labute approximate surface area is 468 Å². The summed E-state index contributed by atoms with van der Waals surface area (Å²) in [6, 6.07) is 0. The van der Waals surface area contributed by atoms with Crippen molar-refractivity contribution in [2.75, 3.05) is 13.2 Å². The molecular formula is C70H114O6. The summed E-state index contributed by atoms with van der Waals surface area (Å²) >= 11 is 0. The highest BCUT2D eigenvalue weighted by atomic mass is 16.6. The second-order valence-electron chi connectivity index (χ2n) is 20.2. The third-order valence-corrected chi connectivity index (χ3v) is 12.9. The highest BCUT2D eigenvalue weighted by molar-refractivity contribution is 5.71. The van der Waals surface area contributed by atoms with Crippen LogP contribution >= 0.6 is 0 Å². The van der Waals surface area contributed by atoms with Crippen LogP contribution in [0.2, 0.25) is 0 Å². The molecule has 0 radical (unpaired) electrons. The predicted octanol–water partition coefficient (Wildman–Crippen LogP) is 21.4. The van der Waals surface area contributed by atoms with Crippen molar-refractivity contribution in [3.8, 4) is 0 Å². The van der Waals surface area contributed by atoms with Gasteiger partial charge in [0.15, 0.2) is 6.10 Å². The lowest BCUT2D eigenvalue weighted by molar-refractivity contribution is -0.167. The van der Waals surface area contributed by atoms with Crippen LogP contribution in [0.5, 0.6) is 0 Å². The summed E-state index contributed by atoms with van der Waals surface area (Å²) in [4.78, 5) is 38.1. The Morgan fingerprint density at radius 1 is 0.276 bits per heavy atom. The summed E-state index contributed by atoms with van der Waals surface area (Å²) in [5.74, 6) is -0.924. The molecule has 0 bridgehead atoms. The first-order valence-electron chi connectivity index (χ1n) is 31.2. The number of esters is 3. The lowest BCUT2D eigenvalue weighted by atomic mass is 10.0. The highest BCUT2D eigenvalue weighted by Crippen LogP contribution is 2.15. The molecule has 0 aliphatic carbocycles. The van der Waals surface area contributed by atoms with Crippen LogP contribution in [0.25, 0.3) is 0 Å². The van der Waals surface area contributed by atoms with Gasteiger partial charge in [-0.2, -0.15) is 0 Å². The van der Waals surface area contributed by atoms with Crippen molar-refractivity contribution in [3.63, 3.8) is 0 Å². The molecular weight excluding hydrogens is 937 g/mol. The van der Waals surface area contributed by atoms with E-state index in [0.29, 0.717) is 19.3 Å². The normalized spacial score (nSPS) is 13.0. The fourth-order valence-electron chi connectivity index (χ4n) is 8.30. The molecule has 6 nitrogen and oxygen atoms in total. The Kier molecular flexibility index (Phi) is 59.4. The Balaban J connectivity index is 4.26. The standard InChI is InChI=1S/C70H114O6/c1-4-7-10-13-16-19-21-23-25-27-29-31-33-34-35-36-38-39-41-43-45-47-49-51-54-57-60-63-69(72)75-66-67(65-74-68(71)62-59-56-53-18-15-12-9-6-3)76-70(73)64-61-58-55-52-50-48-46-44-42-40-37-32-30-28-26-24-22-20-17-14-11-8-5-2/h7-8,10-11,16-17,19-20,23-26,29-32,34-35,40,42,46,48,67H,4-6,9,12-15,18,21-22,27-28,33,36-39,41,43-45,47,49-66H2,1-3H3/b10-7-,11-8-,19-16-,20-17-,25-23-,26-24-,31-29-,32-30-,35-34-,42-40-,48-46-. The van der Waals surface area contributed by atoms with Crippen LogP contribution in [0.1, 0.15) is 271 Å². The molecule has 0 aromatic heterocycles. The molecule has 0 aliphatic heterocycles. The first-order chi connectivity index (χ1) is 37.5. The largest absolute Gasteiger partial charge is 0.462 e. The van der Waals surface area contributed by atoms with Crippen LogP contribution < -0.4 is 0 Å². The smallest absolute Gasteiger partial charge is 0.306 e. The molecule has 76 heavy (non-hydrogen) atoms. The number of carbonyl (C=O) groups excluding carboxylic acids is 3. The quantitative estimate of drug-likeness (QED) is 0.0261. The van der Waals surface area contributed by atoms with E-state index < -0.39 is 6.10 Å². The van der Waals surface area contributed by atoms with Crippen molar-refractivity contribution in [1.82, 2.24) is 0 Å². The van der Waals surface area contributed by atoms with Gasteiger partial charge in [-0.3, -0.25) is 14.4 Å². The Morgan fingerprint density at radius 3 is 0.803 bits per heavy atom. The zero-order valence-electron chi connectivity index (χ0n) is 49.2. The average Bonchev–Trinajstić information content (AvgIpc) is 3.42. The van der Waals surface area contributed by atoms with Crippen molar-refractivity contribution in [2.24, 2.45) is 0 Å². The number of carbonyl (C=O) groups is 3. The number of ether oxygens (including phenoxy) is 3. The molecule has 0 N–H and O–H groups in total. The maximum Gasteiger partial charge on any atom is 0.306 e. The third-order valence-electron chi connectivity index (χ3n) is 12.9. The van der Waals surface area contributed by atoms with Crippen LogP contribution in [0.4, 0.5) is 0 Å². The summed E-state index contributed by atoms with van der Waals surface area (Å²) < 4.78 is 16.8. The molecule has 1 atom stereocenters. The van der Waals surface area contributed by atoms with E-state index in [1.807, 2.05) is 0 Å². The molecule has 0 aromatic rings. The van der Waals surface area contributed by atoms with Crippen molar-refractivity contribution < 1.29 is 28.6 Å². The van der Waals surface area contributed by atoms with E-state index in [1.54, 1.807) is 0 Å². The van der Waals surface area contributed by atoms with Gasteiger partial charge in [0.1, 0.15) is 13.2 Å². The third kappa shape index (κ3) is 60.4. The van der Waals surface area contributed by atoms with Crippen LogP contribution in [0.3, 0.4) is 0 Å². The van der Waals surface area contributed by atoms with E-state index in [0.717, 1.165) is 141 Å². The SMILES string of the molecule is CC/C=C\C/C=C\C/C=C\C/C=C\C/C=C\C/C=C\CCCCCCC(=O)OC(COC(=O)CCCCCCCCCC)COC(=O)CCCCCCCCCCCCC/C=C\C/C=C\C/C=C\C/C=C\C/C=C\CC. The zero-order chi connectivity index (χ0) is 55.0. The van der Waals surface area contributed by atoms with Gasteiger partial charge >= 0.3 is 17.9 Å².